The summed E-state index contributed by atoms with van der Waals surface area (Å²) in [5.74, 6) is 5.07. The molecule has 0 saturated heterocycles. The molecule has 0 aliphatic rings. The Morgan fingerprint density at radius 3 is 0.915 bits per heavy atom. The van der Waals surface area contributed by atoms with Crippen molar-refractivity contribution in [2.45, 2.75) is 213 Å². The lowest BCUT2D eigenvalue weighted by Gasteiger charge is -2.18. The summed E-state index contributed by atoms with van der Waals surface area (Å²) in [6.45, 7) is 8.92. The lowest BCUT2D eigenvalue weighted by atomic mass is 10.1. The molecule has 0 radical (unpaired) electrons. The van der Waals surface area contributed by atoms with Gasteiger partial charge in [-0.3, -0.25) is 0 Å². The first-order valence-electron chi connectivity index (χ1n) is 20.8. The minimum atomic E-state index is 0.690. The van der Waals surface area contributed by atoms with E-state index in [-0.39, 0.29) is 0 Å². The average Bonchev–Trinajstić information content (AvgIpc) is 3.09. The van der Waals surface area contributed by atoms with Crippen LogP contribution in [0.4, 0.5) is 0 Å². The first kappa shape index (κ1) is 43.2. The Kier molecular flexibility index (Phi) is 31.3. The van der Waals surface area contributed by atoms with E-state index in [9.17, 15) is 0 Å². The van der Waals surface area contributed by atoms with Gasteiger partial charge in [0.1, 0.15) is 0 Å². The van der Waals surface area contributed by atoms with Gasteiger partial charge < -0.3 is 14.2 Å². The van der Waals surface area contributed by atoms with Gasteiger partial charge in [0.2, 0.25) is 5.75 Å². The highest BCUT2D eigenvalue weighted by atomic mass is 16.5. The lowest BCUT2D eigenvalue weighted by Crippen LogP contribution is -2.07. The lowest BCUT2D eigenvalue weighted by molar-refractivity contribution is 0.234. The van der Waals surface area contributed by atoms with Crippen LogP contribution in [0.5, 0.6) is 17.2 Å². The molecule has 0 spiro atoms. The van der Waals surface area contributed by atoms with E-state index in [4.69, 9.17) is 20.6 Å². The Hall–Kier alpha value is -1.82. The molecule has 47 heavy (non-hydrogen) atoms. The molecule has 0 bridgehead atoms. The summed E-state index contributed by atoms with van der Waals surface area (Å²) in [5.41, 5.74) is 0.799. The molecule has 0 N–H and O–H groups in total. The molecule has 0 saturated carbocycles. The molecule has 0 aliphatic carbocycles. The molecule has 3 heteroatoms. The van der Waals surface area contributed by atoms with Gasteiger partial charge in [0.25, 0.3) is 0 Å². The van der Waals surface area contributed by atoms with Crippen molar-refractivity contribution in [2.24, 2.45) is 0 Å². The molecule has 0 amide bonds. The van der Waals surface area contributed by atoms with Gasteiger partial charge in [-0.15, -0.1) is 6.42 Å². The highest BCUT2D eigenvalue weighted by Gasteiger charge is 2.16. The molecule has 272 valence electrons. The maximum Gasteiger partial charge on any atom is 0.203 e. The molecule has 1 aromatic rings. The van der Waals surface area contributed by atoms with Gasteiger partial charge in [-0.05, 0) is 31.4 Å². The molecular weight excluding hydrogens is 576 g/mol. The van der Waals surface area contributed by atoms with Crippen LogP contribution < -0.4 is 14.2 Å². The quantitative estimate of drug-likeness (QED) is 0.0532. The predicted molar refractivity (Wildman–Crippen MR) is 206 cm³/mol. The van der Waals surface area contributed by atoms with Gasteiger partial charge in [0.05, 0.1) is 19.8 Å². The maximum atomic E-state index is 6.42. The molecule has 1 rings (SSSR count). The molecule has 0 heterocycles. The smallest absolute Gasteiger partial charge is 0.203 e. The highest BCUT2D eigenvalue weighted by Crippen LogP contribution is 2.39. The molecule has 0 fully saturated rings. The number of hydrogen-bond acceptors (Lipinski definition) is 3. The number of terminal acetylenes is 1. The number of unbranched alkanes of at least 4 members (excludes halogenated alkanes) is 27. The van der Waals surface area contributed by atoms with Crippen LogP contribution in [0.3, 0.4) is 0 Å². The highest BCUT2D eigenvalue weighted by molar-refractivity contribution is 5.57. The van der Waals surface area contributed by atoms with Gasteiger partial charge in [-0.25, -0.2) is 0 Å². The average molecular weight is 655 g/mol. The first-order chi connectivity index (χ1) is 23.3. The third kappa shape index (κ3) is 25.8. The summed E-state index contributed by atoms with van der Waals surface area (Å²) in [4.78, 5) is 0. The van der Waals surface area contributed by atoms with Gasteiger partial charge in [0, 0.05) is 5.56 Å². The Morgan fingerprint density at radius 2 is 0.638 bits per heavy atom. The van der Waals surface area contributed by atoms with Crippen molar-refractivity contribution in [3.63, 3.8) is 0 Å². The number of rotatable bonds is 36. The molecule has 0 aliphatic heterocycles. The number of hydrogen-bond donors (Lipinski definition) is 0. The van der Waals surface area contributed by atoms with Crippen LogP contribution in [0.1, 0.15) is 219 Å². The van der Waals surface area contributed by atoms with Crippen molar-refractivity contribution in [2.75, 3.05) is 19.8 Å². The monoisotopic (exact) mass is 655 g/mol. The van der Waals surface area contributed by atoms with E-state index < -0.39 is 0 Å². The summed E-state index contributed by atoms with van der Waals surface area (Å²) in [6.07, 6.45) is 45.3. The van der Waals surface area contributed by atoms with Crippen LogP contribution in [0.25, 0.3) is 0 Å². The zero-order chi connectivity index (χ0) is 33.9. The van der Waals surface area contributed by atoms with Crippen LogP contribution in [-0.4, -0.2) is 19.8 Å². The van der Waals surface area contributed by atoms with Gasteiger partial charge >= 0.3 is 0 Å². The molecule has 0 aromatic heterocycles. The number of ether oxygens (including phenoxy) is 3. The SMILES string of the molecule is C#Cc1cc(OCCCCCCCCCCCC)c(OCCCCCCCCCCCC)c(OCCCCCCCCCCCC)c1. The first-order valence-corrected chi connectivity index (χ1v) is 20.8. The standard InChI is InChI=1S/C44H78O3/c1-5-9-12-15-18-21-24-27-30-33-36-45-42-39-41(8-4)40-43(46-37-34-31-28-25-22-19-16-13-10-6-2)44(42)47-38-35-32-29-26-23-20-17-14-11-7-3/h4,39-40H,5-7,9-38H2,1-3H3. The summed E-state index contributed by atoms with van der Waals surface area (Å²) < 4.78 is 19.1. The molecule has 1 aromatic carbocycles. The van der Waals surface area contributed by atoms with Crippen molar-refractivity contribution in [1.82, 2.24) is 0 Å². The normalized spacial score (nSPS) is 11.1. The Morgan fingerprint density at radius 1 is 0.383 bits per heavy atom. The van der Waals surface area contributed by atoms with E-state index in [2.05, 4.69) is 26.7 Å². The summed E-state index contributed by atoms with van der Waals surface area (Å²) in [6, 6.07) is 3.94. The minimum Gasteiger partial charge on any atom is -0.490 e. The Balaban J connectivity index is 2.54. The second-order valence-corrected chi connectivity index (χ2v) is 14.0. The van der Waals surface area contributed by atoms with E-state index in [0.29, 0.717) is 19.8 Å². The Labute approximate surface area is 294 Å². The molecular formula is C44H78O3. The van der Waals surface area contributed by atoms with Crippen LogP contribution in [0, 0.1) is 12.3 Å². The summed E-state index contributed by atoms with van der Waals surface area (Å²) >= 11 is 0. The zero-order valence-corrected chi connectivity index (χ0v) is 31.8. The van der Waals surface area contributed by atoms with Crippen LogP contribution in [-0.2, 0) is 0 Å². The number of benzene rings is 1. The van der Waals surface area contributed by atoms with Crippen molar-refractivity contribution in [3.05, 3.63) is 17.7 Å². The van der Waals surface area contributed by atoms with Gasteiger partial charge in [0.15, 0.2) is 11.5 Å². The van der Waals surface area contributed by atoms with E-state index in [1.165, 1.54) is 173 Å². The second kappa shape index (κ2) is 34.1. The van der Waals surface area contributed by atoms with E-state index >= 15 is 0 Å². The largest absolute Gasteiger partial charge is 0.490 e. The van der Waals surface area contributed by atoms with E-state index in [0.717, 1.165) is 42.1 Å². The summed E-state index contributed by atoms with van der Waals surface area (Å²) in [5, 5.41) is 0. The summed E-state index contributed by atoms with van der Waals surface area (Å²) in [7, 11) is 0. The van der Waals surface area contributed by atoms with Crippen LogP contribution in [0.15, 0.2) is 12.1 Å². The molecule has 0 unspecified atom stereocenters. The van der Waals surface area contributed by atoms with Gasteiger partial charge in [-0.1, -0.05) is 200 Å². The van der Waals surface area contributed by atoms with Crippen LogP contribution >= 0.6 is 0 Å². The van der Waals surface area contributed by atoms with Crippen molar-refractivity contribution < 1.29 is 14.2 Å². The zero-order valence-electron chi connectivity index (χ0n) is 31.8. The van der Waals surface area contributed by atoms with Crippen molar-refractivity contribution >= 4 is 0 Å². The van der Waals surface area contributed by atoms with E-state index in [1.54, 1.807) is 0 Å². The fourth-order valence-electron chi connectivity index (χ4n) is 6.32. The van der Waals surface area contributed by atoms with Crippen LogP contribution in [0.2, 0.25) is 0 Å². The van der Waals surface area contributed by atoms with Crippen molar-refractivity contribution in [3.8, 4) is 29.6 Å². The maximum absolute atomic E-state index is 6.42. The Bertz CT molecular complexity index is 794. The minimum absolute atomic E-state index is 0.690. The molecule has 0 atom stereocenters. The van der Waals surface area contributed by atoms with Crippen molar-refractivity contribution in [1.29, 1.82) is 0 Å². The molecule has 3 nitrogen and oxygen atoms in total. The fraction of sp³-hybridized carbons (Fsp3) is 0.818. The predicted octanol–water partition coefficient (Wildman–Crippen LogP) is 14.6. The third-order valence-electron chi connectivity index (χ3n) is 9.44. The van der Waals surface area contributed by atoms with E-state index in [1.807, 2.05) is 12.1 Å². The fourth-order valence-corrected chi connectivity index (χ4v) is 6.32. The third-order valence-corrected chi connectivity index (χ3v) is 9.44. The van der Waals surface area contributed by atoms with Gasteiger partial charge in [-0.2, -0.15) is 0 Å². The topological polar surface area (TPSA) is 27.7 Å². The second-order valence-electron chi connectivity index (χ2n) is 14.0.